The van der Waals surface area contributed by atoms with Crippen molar-refractivity contribution in [2.45, 2.75) is 6.04 Å². The van der Waals surface area contributed by atoms with Gasteiger partial charge >= 0.3 is 0 Å². The summed E-state index contributed by atoms with van der Waals surface area (Å²) in [5, 5.41) is 14.9. The van der Waals surface area contributed by atoms with Crippen LogP contribution in [0.3, 0.4) is 0 Å². The molecule has 0 aromatic carbocycles. The standard InChI is InChI=1S/C12H13N5O2S.2ClH/c18-10(9-7-19-6-5-14-9)15-12-17-16-11(20-12)8-3-1-2-4-13-8;;/h1-4,9,14H,5-7H2,(H,15,17,18);2*1H. The average Bonchev–Trinajstić information content (AvgIpc) is 2.97. The molecule has 10 heteroatoms. The van der Waals surface area contributed by atoms with Crippen LogP contribution in [0.1, 0.15) is 0 Å². The molecular weight excluding hydrogens is 349 g/mol. The third-order valence-electron chi connectivity index (χ3n) is 2.78. The van der Waals surface area contributed by atoms with Crippen LogP contribution in [0, 0.1) is 0 Å². The van der Waals surface area contributed by atoms with Crippen molar-refractivity contribution in [2.75, 3.05) is 25.1 Å². The van der Waals surface area contributed by atoms with E-state index in [-0.39, 0.29) is 36.8 Å². The first kappa shape index (κ1) is 18.7. The molecule has 2 N–H and O–H groups in total. The highest BCUT2D eigenvalue weighted by Gasteiger charge is 2.22. The molecule has 7 nitrogen and oxygen atoms in total. The summed E-state index contributed by atoms with van der Waals surface area (Å²) in [6.45, 7) is 1.68. The molecule has 1 saturated heterocycles. The summed E-state index contributed by atoms with van der Waals surface area (Å²) in [6.07, 6.45) is 1.69. The maximum Gasteiger partial charge on any atom is 0.245 e. The first-order valence-corrected chi connectivity index (χ1v) is 7.01. The predicted octanol–water partition coefficient (Wildman–Crippen LogP) is 1.37. The van der Waals surface area contributed by atoms with Gasteiger partial charge < -0.3 is 10.1 Å². The van der Waals surface area contributed by atoms with Crippen molar-refractivity contribution in [3.05, 3.63) is 24.4 Å². The molecule has 0 radical (unpaired) electrons. The lowest BCUT2D eigenvalue weighted by atomic mass is 10.2. The van der Waals surface area contributed by atoms with Gasteiger partial charge in [-0.3, -0.25) is 15.1 Å². The number of rotatable bonds is 3. The normalized spacial score (nSPS) is 17.0. The Hall–Kier alpha value is -1.32. The molecule has 1 aliphatic heterocycles. The number of aromatic nitrogens is 3. The Kier molecular flexibility index (Phi) is 7.63. The SMILES string of the molecule is Cl.Cl.O=C(Nc1nnc(-c2ccccn2)s1)C1COCCN1. The number of ether oxygens (including phenoxy) is 1. The molecule has 0 spiro atoms. The molecule has 0 aliphatic carbocycles. The average molecular weight is 364 g/mol. The number of pyridine rings is 1. The third kappa shape index (κ3) is 4.59. The summed E-state index contributed by atoms with van der Waals surface area (Å²) < 4.78 is 5.25. The lowest BCUT2D eigenvalue weighted by Crippen LogP contribution is -2.48. The molecule has 1 fully saturated rings. The van der Waals surface area contributed by atoms with Gasteiger partial charge in [0, 0.05) is 12.7 Å². The van der Waals surface area contributed by atoms with Crippen LogP contribution < -0.4 is 10.6 Å². The number of carbonyl (C=O) groups excluding carboxylic acids is 1. The Morgan fingerprint density at radius 2 is 2.23 bits per heavy atom. The first-order chi connectivity index (χ1) is 9.83. The van der Waals surface area contributed by atoms with E-state index in [4.69, 9.17) is 4.74 Å². The van der Waals surface area contributed by atoms with E-state index in [2.05, 4.69) is 25.8 Å². The van der Waals surface area contributed by atoms with Crippen LogP contribution in [0.5, 0.6) is 0 Å². The molecule has 3 rings (SSSR count). The summed E-state index contributed by atoms with van der Waals surface area (Å²) in [7, 11) is 0. The number of nitrogens with zero attached hydrogens (tertiary/aromatic N) is 3. The van der Waals surface area contributed by atoms with Crippen molar-refractivity contribution >= 4 is 47.2 Å². The van der Waals surface area contributed by atoms with Crippen LogP contribution in [-0.4, -0.2) is 46.9 Å². The van der Waals surface area contributed by atoms with Crippen molar-refractivity contribution in [2.24, 2.45) is 0 Å². The molecule has 22 heavy (non-hydrogen) atoms. The number of amides is 1. The monoisotopic (exact) mass is 363 g/mol. The minimum absolute atomic E-state index is 0. The van der Waals surface area contributed by atoms with Crippen molar-refractivity contribution in [3.8, 4) is 10.7 Å². The van der Waals surface area contributed by atoms with Crippen LogP contribution >= 0.6 is 36.2 Å². The Bertz CT molecular complexity index is 592. The minimum Gasteiger partial charge on any atom is -0.378 e. The van der Waals surface area contributed by atoms with E-state index in [1.807, 2.05) is 18.2 Å². The van der Waals surface area contributed by atoms with E-state index in [9.17, 15) is 4.79 Å². The molecule has 1 amide bonds. The van der Waals surface area contributed by atoms with Gasteiger partial charge in [-0.05, 0) is 12.1 Å². The van der Waals surface area contributed by atoms with Gasteiger partial charge in [0.1, 0.15) is 11.7 Å². The number of morpholine rings is 1. The minimum atomic E-state index is -0.342. The van der Waals surface area contributed by atoms with Crippen molar-refractivity contribution in [1.29, 1.82) is 0 Å². The number of anilines is 1. The number of halogens is 2. The zero-order valence-electron chi connectivity index (χ0n) is 11.4. The Labute approximate surface area is 143 Å². The quantitative estimate of drug-likeness (QED) is 0.855. The maximum atomic E-state index is 12.0. The molecule has 2 aromatic heterocycles. The molecule has 1 aliphatic rings. The molecular formula is C12H15Cl2N5O2S. The molecule has 0 saturated carbocycles. The van der Waals surface area contributed by atoms with Crippen molar-refractivity contribution < 1.29 is 9.53 Å². The van der Waals surface area contributed by atoms with Crippen molar-refractivity contribution in [1.82, 2.24) is 20.5 Å². The van der Waals surface area contributed by atoms with E-state index in [1.165, 1.54) is 11.3 Å². The van der Waals surface area contributed by atoms with Gasteiger partial charge in [0.2, 0.25) is 11.0 Å². The van der Waals surface area contributed by atoms with Crippen LogP contribution in [0.25, 0.3) is 10.7 Å². The molecule has 1 atom stereocenters. The van der Waals surface area contributed by atoms with Gasteiger partial charge in [0.15, 0.2) is 5.01 Å². The van der Waals surface area contributed by atoms with Gasteiger partial charge in [-0.2, -0.15) is 0 Å². The lowest BCUT2D eigenvalue weighted by Gasteiger charge is -2.22. The summed E-state index contributed by atoms with van der Waals surface area (Å²) in [5.41, 5.74) is 0.740. The van der Waals surface area contributed by atoms with Crippen LogP contribution in [-0.2, 0) is 9.53 Å². The highest BCUT2D eigenvalue weighted by Crippen LogP contribution is 2.24. The zero-order valence-corrected chi connectivity index (χ0v) is 13.8. The van der Waals surface area contributed by atoms with E-state index in [0.29, 0.717) is 29.9 Å². The Morgan fingerprint density at radius 1 is 1.36 bits per heavy atom. The van der Waals surface area contributed by atoms with Gasteiger partial charge in [0.05, 0.1) is 13.2 Å². The second kappa shape index (κ2) is 8.96. The van der Waals surface area contributed by atoms with Gasteiger partial charge in [-0.15, -0.1) is 35.0 Å². The largest absolute Gasteiger partial charge is 0.378 e. The number of hydrogen-bond acceptors (Lipinski definition) is 7. The second-order valence-corrected chi connectivity index (χ2v) is 5.18. The summed E-state index contributed by atoms with van der Waals surface area (Å²) in [6, 6.07) is 5.22. The highest BCUT2D eigenvalue weighted by atomic mass is 35.5. The Balaban J connectivity index is 0.00000121. The predicted molar refractivity (Wildman–Crippen MR) is 88.9 cm³/mol. The second-order valence-electron chi connectivity index (χ2n) is 4.20. The van der Waals surface area contributed by atoms with Crippen molar-refractivity contribution in [3.63, 3.8) is 0 Å². The number of carbonyl (C=O) groups is 1. The highest BCUT2D eigenvalue weighted by molar-refractivity contribution is 7.18. The fourth-order valence-electron chi connectivity index (χ4n) is 1.79. The number of hydrogen-bond donors (Lipinski definition) is 2. The summed E-state index contributed by atoms with van der Waals surface area (Å²) in [5.74, 6) is -0.159. The molecule has 0 bridgehead atoms. The van der Waals surface area contributed by atoms with E-state index >= 15 is 0 Å². The van der Waals surface area contributed by atoms with E-state index in [1.54, 1.807) is 6.20 Å². The molecule has 1 unspecified atom stereocenters. The Morgan fingerprint density at radius 3 is 2.91 bits per heavy atom. The van der Waals surface area contributed by atoms with E-state index < -0.39 is 0 Å². The maximum absolute atomic E-state index is 12.0. The topological polar surface area (TPSA) is 89.0 Å². The third-order valence-corrected chi connectivity index (χ3v) is 3.64. The number of nitrogens with one attached hydrogen (secondary N) is 2. The van der Waals surface area contributed by atoms with Crippen LogP contribution in [0.2, 0.25) is 0 Å². The van der Waals surface area contributed by atoms with Gasteiger partial charge in [-0.1, -0.05) is 17.4 Å². The lowest BCUT2D eigenvalue weighted by molar-refractivity contribution is -0.120. The van der Waals surface area contributed by atoms with E-state index in [0.717, 1.165) is 5.69 Å². The summed E-state index contributed by atoms with van der Waals surface area (Å²) >= 11 is 1.29. The molecule has 3 heterocycles. The molecule has 2 aromatic rings. The fourth-order valence-corrected chi connectivity index (χ4v) is 2.52. The smallest absolute Gasteiger partial charge is 0.245 e. The summed E-state index contributed by atoms with van der Waals surface area (Å²) in [4.78, 5) is 16.2. The zero-order chi connectivity index (χ0) is 13.8. The molecule has 120 valence electrons. The van der Waals surface area contributed by atoms with Gasteiger partial charge in [0.25, 0.3) is 0 Å². The van der Waals surface area contributed by atoms with Crippen LogP contribution in [0.15, 0.2) is 24.4 Å². The van der Waals surface area contributed by atoms with Gasteiger partial charge in [-0.25, -0.2) is 0 Å². The fraction of sp³-hybridized carbons (Fsp3) is 0.333. The van der Waals surface area contributed by atoms with Crippen LogP contribution in [0.4, 0.5) is 5.13 Å². The first-order valence-electron chi connectivity index (χ1n) is 6.20.